The molecular weight excluding hydrogens is 291 g/mol. The first-order valence-electron chi connectivity index (χ1n) is 6.14. The lowest BCUT2D eigenvalue weighted by Crippen LogP contribution is -2.03. The quantitative estimate of drug-likeness (QED) is 0.581. The van der Waals surface area contributed by atoms with Gasteiger partial charge in [0.05, 0.1) is 5.02 Å². The number of carbonyl (C=O) groups is 1. The monoisotopic (exact) mass is 300 g/mol. The van der Waals surface area contributed by atoms with E-state index in [9.17, 15) is 4.79 Å². The average Bonchev–Trinajstić information content (AvgIpc) is 2.46. The van der Waals surface area contributed by atoms with Crippen molar-refractivity contribution >= 4 is 39.8 Å². The second kappa shape index (κ2) is 5.28. The summed E-state index contributed by atoms with van der Waals surface area (Å²) in [7, 11) is 0. The molecule has 0 N–H and O–H groups in total. The average molecular weight is 301 g/mol. The van der Waals surface area contributed by atoms with E-state index in [-0.39, 0.29) is 5.78 Å². The van der Waals surface area contributed by atoms with Crippen molar-refractivity contribution < 1.29 is 4.79 Å². The van der Waals surface area contributed by atoms with Gasteiger partial charge in [-0.1, -0.05) is 65.7 Å². The van der Waals surface area contributed by atoms with Crippen molar-refractivity contribution in [3.8, 4) is 0 Å². The molecule has 0 radical (unpaired) electrons. The van der Waals surface area contributed by atoms with E-state index in [1.54, 1.807) is 18.2 Å². The SMILES string of the molecule is O=C(c1ccc(Cl)cc1Cl)c1cccc2ccccc12. The van der Waals surface area contributed by atoms with Crippen LogP contribution in [0.5, 0.6) is 0 Å². The van der Waals surface area contributed by atoms with Crippen molar-refractivity contribution in [2.75, 3.05) is 0 Å². The van der Waals surface area contributed by atoms with Crippen LogP contribution in [0.3, 0.4) is 0 Å². The number of rotatable bonds is 2. The Morgan fingerprint density at radius 1 is 0.800 bits per heavy atom. The Morgan fingerprint density at radius 2 is 1.55 bits per heavy atom. The van der Waals surface area contributed by atoms with Crippen LogP contribution in [0.15, 0.2) is 60.7 Å². The van der Waals surface area contributed by atoms with Gasteiger partial charge in [0.15, 0.2) is 5.78 Å². The van der Waals surface area contributed by atoms with Crippen molar-refractivity contribution in [2.45, 2.75) is 0 Å². The molecule has 0 aliphatic carbocycles. The second-order valence-electron chi connectivity index (χ2n) is 4.48. The zero-order valence-electron chi connectivity index (χ0n) is 10.4. The van der Waals surface area contributed by atoms with Crippen LogP contribution in [0.2, 0.25) is 10.0 Å². The van der Waals surface area contributed by atoms with E-state index in [4.69, 9.17) is 23.2 Å². The molecule has 0 spiro atoms. The maximum atomic E-state index is 12.7. The smallest absolute Gasteiger partial charge is 0.195 e. The highest BCUT2D eigenvalue weighted by molar-refractivity contribution is 6.38. The van der Waals surface area contributed by atoms with E-state index in [1.165, 1.54) is 0 Å². The molecule has 3 heteroatoms. The summed E-state index contributed by atoms with van der Waals surface area (Å²) in [5, 5.41) is 2.84. The van der Waals surface area contributed by atoms with Crippen molar-refractivity contribution in [2.24, 2.45) is 0 Å². The van der Waals surface area contributed by atoms with Gasteiger partial charge in [-0.25, -0.2) is 0 Å². The lowest BCUT2D eigenvalue weighted by Gasteiger charge is -2.07. The zero-order chi connectivity index (χ0) is 14.1. The highest BCUT2D eigenvalue weighted by atomic mass is 35.5. The summed E-state index contributed by atoms with van der Waals surface area (Å²) in [6, 6.07) is 18.4. The molecule has 1 nitrogen and oxygen atoms in total. The molecule has 3 aromatic rings. The largest absolute Gasteiger partial charge is 0.289 e. The predicted molar refractivity (Wildman–Crippen MR) is 83.8 cm³/mol. The van der Waals surface area contributed by atoms with E-state index in [0.29, 0.717) is 21.2 Å². The van der Waals surface area contributed by atoms with Crippen LogP contribution in [-0.4, -0.2) is 5.78 Å². The Morgan fingerprint density at radius 3 is 2.35 bits per heavy atom. The number of carbonyl (C=O) groups excluding carboxylic acids is 1. The normalized spacial score (nSPS) is 10.7. The number of fused-ring (bicyclic) bond motifs is 1. The van der Waals surface area contributed by atoms with E-state index in [1.807, 2.05) is 42.5 Å². The van der Waals surface area contributed by atoms with Gasteiger partial charge in [0.2, 0.25) is 0 Å². The van der Waals surface area contributed by atoms with E-state index < -0.39 is 0 Å². The summed E-state index contributed by atoms with van der Waals surface area (Å²) in [6.45, 7) is 0. The van der Waals surface area contributed by atoms with Gasteiger partial charge in [-0.3, -0.25) is 4.79 Å². The molecule has 0 aliphatic rings. The van der Waals surface area contributed by atoms with Gasteiger partial charge < -0.3 is 0 Å². The molecule has 0 atom stereocenters. The molecule has 98 valence electrons. The molecule has 0 amide bonds. The summed E-state index contributed by atoms with van der Waals surface area (Å²) < 4.78 is 0. The third-order valence-corrected chi connectivity index (χ3v) is 3.76. The van der Waals surface area contributed by atoms with Crippen molar-refractivity contribution in [1.29, 1.82) is 0 Å². The van der Waals surface area contributed by atoms with Gasteiger partial charge >= 0.3 is 0 Å². The standard InChI is InChI=1S/C17H10Cl2O/c18-12-8-9-15(16(19)10-12)17(20)14-7-3-5-11-4-1-2-6-13(11)14/h1-10H. The lowest BCUT2D eigenvalue weighted by atomic mass is 9.97. The van der Waals surface area contributed by atoms with Gasteiger partial charge in [-0.2, -0.15) is 0 Å². The van der Waals surface area contributed by atoms with Gasteiger partial charge in [0, 0.05) is 16.1 Å². The Bertz CT molecular complexity index is 804. The third kappa shape index (κ3) is 2.31. The third-order valence-electron chi connectivity index (χ3n) is 3.21. The molecule has 0 heterocycles. The van der Waals surface area contributed by atoms with E-state index in [2.05, 4.69) is 0 Å². The van der Waals surface area contributed by atoms with Gasteiger partial charge in [0.25, 0.3) is 0 Å². The first-order valence-corrected chi connectivity index (χ1v) is 6.90. The molecule has 0 aromatic heterocycles. The fourth-order valence-electron chi connectivity index (χ4n) is 2.24. The maximum Gasteiger partial charge on any atom is 0.195 e. The topological polar surface area (TPSA) is 17.1 Å². The van der Waals surface area contributed by atoms with Crippen LogP contribution in [-0.2, 0) is 0 Å². The van der Waals surface area contributed by atoms with Crippen LogP contribution in [0.4, 0.5) is 0 Å². The molecule has 3 rings (SSSR count). The summed E-state index contributed by atoms with van der Waals surface area (Å²) in [6.07, 6.45) is 0. The maximum absolute atomic E-state index is 12.7. The van der Waals surface area contributed by atoms with E-state index in [0.717, 1.165) is 10.8 Å². The Kier molecular flexibility index (Phi) is 3.47. The number of hydrogen-bond acceptors (Lipinski definition) is 1. The molecule has 20 heavy (non-hydrogen) atoms. The fourth-order valence-corrected chi connectivity index (χ4v) is 2.74. The van der Waals surface area contributed by atoms with Crippen LogP contribution in [0.1, 0.15) is 15.9 Å². The first kappa shape index (κ1) is 13.2. The number of hydrogen-bond donors (Lipinski definition) is 0. The van der Waals surface area contributed by atoms with Crippen molar-refractivity contribution in [1.82, 2.24) is 0 Å². The Hall–Kier alpha value is -1.83. The van der Waals surface area contributed by atoms with Crippen molar-refractivity contribution in [3.63, 3.8) is 0 Å². The second-order valence-corrected chi connectivity index (χ2v) is 5.32. The number of benzene rings is 3. The van der Waals surface area contributed by atoms with Gasteiger partial charge in [0.1, 0.15) is 0 Å². The van der Waals surface area contributed by atoms with Gasteiger partial charge in [-0.05, 0) is 29.0 Å². The van der Waals surface area contributed by atoms with Crippen molar-refractivity contribution in [3.05, 3.63) is 81.8 Å². The number of halogens is 2. The molecular formula is C17H10Cl2O. The van der Waals surface area contributed by atoms with E-state index >= 15 is 0 Å². The molecule has 0 aliphatic heterocycles. The van der Waals surface area contributed by atoms with Crippen LogP contribution < -0.4 is 0 Å². The first-order chi connectivity index (χ1) is 9.66. The van der Waals surface area contributed by atoms with Gasteiger partial charge in [-0.15, -0.1) is 0 Å². The minimum absolute atomic E-state index is 0.0940. The molecule has 0 bridgehead atoms. The molecule has 0 saturated heterocycles. The minimum Gasteiger partial charge on any atom is -0.289 e. The number of ketones is 1. The summed E-state index contributed by atoms with van der Waals surface area (Å²) in [5.74, 6) is -0.0940. The predicted octanol–water partition coefficient (Wildman–Crippen LogP) is 5.38. The molecule has 0 unspecified atom stereocenters. The fraction of sp³-hybridized carbons (Fsp3) is 0. The zero-order valence-corrected chi connectivity index (χ0v) is 11.9. The molecule has 3 aromatic carbocycles. The highest BCUT2D eigenvalue weighted by Crippen LogP contribution is 2.26. The molecule has 0 saturated carbocycles. The summed E-state index contributed by atoms with van der Waals surface area (Å²) in [4.78, 5) is 12.7. The summed E-state index contributed by atoms with van der Waals surface area (Å²) in [5.41, 5.74) is 1.11. The Balaban J connectivity index is 2.18. The molecule has 0 fully saturated rings. The summed E-state index contributed by atoms with van der Waals surface area (Å²) >= 11 is 12.0. The minimum atomic E-state index is -0.0940. The van der Waals surface area contributed by atoms with Crippen LogP contribution >= 0.6 is 23.2 Å². The lowest BCUT2D eigenvalue weighted by molar-refractivity contribution is 0.104. The highest BCUT2D eigenvalue weighted by Gasteiger charge is 2.15. The van der Waals surface area contributed by atoms with Crippen LogP contribution in [0, 0.1) is 0 Å². The van der Waals surface area contributed by atoms with Crippen LogP contribution in [0.25, 0.3) is 10.8 Å². The Labute approximate surface area is 126 Å².